The number of aryl methyl sites for hydroxylation is 1. The number of aromatic nitrogens is 1. The van der Waals surface area contributed by atoms with Gasteiger partial charge in [0.15, 0.2) is 0 Å². The summed E-state index contributed by atoms with van der Waals surface area (Å²) in [6.07, 6.45) is 1.69. The van der Waals surface area contributed by atoms with E-state index in [4.69, 9.17) is 0 Å². The number of nitrogens with zero attached hydrogens (tertiary/aromatic N) is 2. The van der Waals surface area contributed by atoms with Crippen LogP contribution in [0.5, 0.6) is 0 Å². The van der Waals surface area contributed by atoms with Crippen LogP contribution in [0.25, 0.3) is 10.9 Å². The molecule has 1 heterocycles. The Morgan fingerprint density at radius 2 is 1.73 bits per heavy atom. The number of benzene rings is 2. The molecular formula is C26H33FN4O2. The summed E-state index contributed by atoms with van der Waals surface area (Å²) < 4.78 is 13.2. The number of pyridine rings is 1. The number of anilines is 1. The molecule has 176 valence electrons. The number of carbonyl (C=O) groups excluding carboxylic acids is 1. The molecule has 0 aliphatic rings. The summed E-state index contributed by atoms with van der Waals surface area (Å²) in [5.74, 6) is -0.363. The van der Waals surface area contributed by atoms with Crippen LogP contribution < -0.4 is 10.9 Å². The zero-order valence-corrected chi connectivity index (χ0v) is 19.7. The number of hydrogen-bond acceptors (Lipinski definition) is 3. The van der Waals surface area contributed by atoms with Gasteiger partial charge >= 0.3 is 6.03 Å². The van der Waals surface area contributed by atoms with Crippen molar-refractivity contribution in [3.05, 3.63) is 75.8 Å². The largest absolute Gasteiger partial charge is 0.322 e. The number of carbonyl (C=O) groups is 1. The number of urea groups is 1. The second-order valence-corrected chi connectivity index (χ2v) is 8.14. The fourth-order valence-electron chi connectivity index (χ4n) is 3.86. The Morgan fingerprint density at radius 3 is 2.39 bits per heavy atom. The highest BCUT2D eigenvalue weighted by molar-refractivity contribution is 5.89. The summed E-state index contributed by atoms with van der Waals surface area (Å²) in [4.78, 5) is 32.7. The van der Waals surface area contributed by atoms with Gasteiger partial charge in [-0.25, -0.2) is 9.18 Å². The minimum Gasteiger partial charge on any atom is -0.322 e. The van der Waals surface area contributed by atoms with Crippen molar-refractivity contribution in [3.8, 4) is 0 Å². The quantitative estimate of drug-likeness (QED) is 0.455. The maximum absolute atomic E-state index is 13.2. The van der Waals surface area contributed by atoms with Gasteiger partial charge in [0.1, 0.15) is 5.82 Å². The van der Waals surface area contributed by atoms with Gasteiger partial charge in [0, 0.05) is 23.3 Å². The molecule has 0 unspecified atom stereocenters. The van der Waals surface area contributed by atoms with E-state index in [1.54, 1.807) is 4.90 Å². The molecule has 3 rings (SSSR count). The molecule has 33 heavy (non-hydrogen) atoms. The highest BCUT2D eigenvalue weighted by Crippen LogP contribution is 2.16. The number of hydrogen-bond donors (Lipinski definition) is 2. The molecule has 0 saturated heterocycles. The van der Waals surface area contributed by atoms with Gasteiger partial charge in [-0.2, -0.15) is 0 Å². The first kappa shape index (κ1) is 24.5. The third-order valence-electron chi connectivity index (χ3n) is 5.93. The van der Waals surface area contributed by atoms with Crippen molar-refractivity contribution in [1.29, 1.82) is 0 Å². The molecule has 0 aliphatic carbocycles. The van der Waals surface area contributed by atoms with E-state index in [2.05, 4.69) is 42.0 Å². The number of rotatable bonds is 10. The number of H-pyrrole nitrogens is 1. The first-order valence-electron chi connectivity index (χ1n) is 11.6. The molecule has 1 aromatic heterocycles. The topological polar surface area (TPSA) is 68.4 Å². The van der Waals surface area contributed by atoms with Crippen LogP contribution in [0.4, 0.5) is 14.9 Å². The average molecular weight is 453 g/mol. The lowest BCUT2D eigenvalue weighted by atomic mass is 10.1. The molecule has 2 aromatic carbocycles. The van der Waals surface area contributed by atoms with Gasteiger partial charge in [-0.05, 0) is 85.9 Å². The van der Waals surface area contributed by atoms with Crippen molar-refractivity contribution in [2.75, 3.05) is 31.5 Å². The highest BCUT2D eigenvalue weighted by atomic mass is 19.1. The average Bonchev–Trinajstić information content (AvgIpc) is 2.82. The second-order valence-electron chi connectivity index (χ2n) is 8.14. The standard InChI is InChI=1S/C26H33FN4O2/c1-4-19-8-13-24-20(16-19)17-21(25(32)29-24)18-31(15-7-14-30(5-2)6-3)26(33)28-23-11-9-22(27)10-12-23/h8-13,16-17H,4-7,14-15,18H2,1-3H3,(H,28,33)(H,29,32). The van der Waals surface area contributed by atoms with Crippen LogP contribution in [0.3, 0.4) is 0 Å². The van der Waals surface area contributed by atoms with E-state index in [0.29, 0.717) is 17.8 Å². The van der Waals surface area contributed by atoms with E-state index in [1.807, 2.05) is 18.2 Å². The van der Waals surface area contributed by atoms with E-state index in [-0.39, 0.29) is 24.0 Å². The molecule has 0 atom stereocenters. The first-order valence-corrected chi connectivity index (χ1v) is 11.6. The first-order chi connectivity index (χ1) is 15.9. The number of halogens is 1. The number of amides is 2. The second kappa shape index (κ2) is 11.6. The molecule has 0 saturated carbocycles. The maximum atomic E-state index is 13.2. The van der Waals surface area contributed by atoms with Gasteiger partial charge in [0.05, 0.1) is 6.54 Å². The number of aromatic amines is 1. The van der Waals surface area contributed by atoms with Crippen molar-refractivity contribution in [3.63, 3.8) is 0 Å². The predicted molar refractivity (Wildman–Crippen MR) is 132 cm³/mol. The van der Waals surface area contributed by atoms with Crippen LogP contribution in [0.1, 0.15) is 38.3 Å². The Balaban J connectivity index is 1.82. The van der Waals surface area contributed by atoms with E-state index in [1.165, 1.54) is 29.8 Å². The van der Waals surface area contributed by atoms with Crippen molar-refractivity contribution >= 4 is 22.6 Å². The van der Waals surface area contributed by atoms with Crippen LogP contribution in [-0.4, -0.2) is 47.0 Å². The van der Waals surface area contributed by atoms with Gasteiger partial charge in [-0.15, -0.1) is 0 Å². The van der Waals surface area contributed by atoms with Crippen LogP contribution >= 0.6 is 0 Å². The number of fused-ring (bicyclic) bond motifs is 1. The van der Waals surface area contributed by atoms with Crippen molar-refractivity contribution in [2.24, 2.45) is 0 Å². The number of nitrogens with one attached hydrogen (secondary N) is 2. The Hall–Kier alpha value is -3.19. The van der Waals surface area contributed by atoms with Crippen molar-refractivity contribution in [1.82, 2.24) is 14.8 Å². The Labute approximate surface area is 194 Å². The summed E-state index contributed by atoms with van der Waals surface area (Å²) in [6, 6.07) is 13.2. The van der Waals surface area contributed by atoms with Gasteiger partial charge in [-0.1, -0.05) is 26.8 Å². The van der Waals surface area contributed by atoms with Gasteiger partial charge in [-0.3, -0.25) is 4.79 Å². The smallest absolute Gasteiger partial charge is 0.322 e. The zero-order chi connectivity index (χ0) is 23.8. The van der Waals surface area contributed by atoms with E-state index >= 15 is 0 Å². The monoisotopic (exact) mass is 452 g/mol. The summed E-state index contributed by atoms with van der Waals surface area (Å²) >= 11 is 0. The van der Waals surface area contributed by atoms with E-state index in [0.717, 1.165) is 43.4 Å². The molecule has 0 aliphatic heterocycles. The lowest BCUT2D eigenvalue weighted by Gasteiger charge is -2.25. The Bertz CT molecular complexity index is 1120. The van der Waals surface area contributed by atoms with E-state index in [9.17, 15) is 14.0 Å². The van der Waals surface area contributed by atoms with Crippen LogP contribution in [0, 0.1) is 5.82 Å². The zero-order valence-electron chi connectivity index (χ0n) is 19.7. The van der Waals surface area contributed by atoms with Crippen LogP contribution in [-0.2, 0) is 13.0 Å². The Morgan fingerprint density at radius 1 is 1.00 bits per heavy atom. The van der Waals surface area contributed by atoms with Gasteiger partial charge in [0.2, 0.25) is 0 Å². The van der Waals surface area contributed by atoms with Gasteiger partial charge in [0.25, 0.3) is 5.56 Å². The molecule has 3 aromatic rings. The summed E-state index contributed by atoms with van der Waals surface area (Å²) in [7, 11) is 0. The summed E-state index contributed by atoms with van der Waals surface area (Å²) in [5, 5.41) is 3.77. The molecular weight excluding hydrogens is 419 g/mol. The minimum absolute atomic E-state index is 0.187. The molecule has 6 nitrogen and oxygen atoms in total. The fraction of sp³-hybridized carbons (Fsp3) is 0.385. The SMILES string of the molecule is CCc1ccc2[nH]c(=O)c(CN(CCCN(CC)CC)C(=O)Nc3ccc(F)cc3)cc2c1. The molecule has 7 heteroatoms. The summed E-state index contributed by atoms with van der Waals surface area (Å²) in [6.45, 7) is 9.75. The van der Waals surface area contributed by atoms with Gasteiger partial charge < -0.3 is 20.1 Å². The van der Waals surface area contributed by atoms with E-state index < -0.39 is 0 Å². The lowest BCUT2D eigenvalue weighted by molar-refractivity contribution is 0.202. The summed E-state index contributed by atoms with van der Waals surface area (Å²) in [5.41, 5.74) is 2.81. The van der Waals surface area contributed by atoms with Crippen LogP contribution in [0.2, 0.25) is 0 Å². The third-order valence-corrected chi connectivity index (χ3v) is 5.93. The molecule has 2 amide bonds. The van der Waals surface area contributed by atoms with Crippen molar-refractivity contribution in [2.45, 2.75) is 40.2 Å². The highest BCUT2D eigenvalue weighted by Gasteiger charge is 2.17. The third kappa shape index (κ3) is 6.65. The molecule has 2 N–H and O–H groups in total. The Kier molecular flexibility index (Phi) is 8.60. The normalized spacial score (nSPS) is 11.2. The maximum Gasteiger partial charge on any atom is 0.322 e. The predicted octanol–water partition coefficient (Wildman–Crippen LogP) is 5.00. The minimum atomic E-state index is -0.363. The van der Waals surface area contributed by atoms with Crippen molar-refractivity contribution < 1.29 is 9.18 Å². The molecule has 0 bridgehead atoms. The fourth-order valence-corrected chi connectivity index (χ4v) is 3.86. The molecule has 0 spiro atoms. The lowest BCUT2D eigenvalue weighted by Crippen LogP contribution is -2.38. The van der Waals surface area contributed by atoms with Crippen LogP contribution in [0.15, 0.2) is 53.3 Å². The molecule has 0 radical (unpaired) electrons. The molecule has 0 fully saturated rings.